The first-order valence-corrected chi connectivity index (χ1v) is 7.77. The van der Waals surface area contributed by atoms with Crippen molar-refractivity contribution in [2.45, 2.75) is 44.3 Å². The van der Waals surface area contributed by atoms with E-state index in [-0.39, 0.29) is 5.79 Å². The topological polar surface area (TPSA) is 34.1 Å². The van der Waals surface area contributed by atoms with E-state index in [4.69, 9.17) is 21.1 Å². The molecule has 2 fully saturated rings. The van der Waals surface area contributed by atoms with Gasteiger partial charge in [0.2, 0.25) is 0 Å². The zero-order chi connectivity index (χ0) is 13.7. The Balaban J connectivity index is 2.00. The summed E-state index contributed by atoms with van der Waals surface area (Å²) in [5.74, 6) is 0.889. The molecule has 0 aromatic carbocycles. The van der Waals surface area contributed by atoms with E-state index in [1.807, 2.05) is 19.1 Å². The van der Waals surface area contributed by atoms with Gasteiger partial charge in [-0.3, -0.25) is 0 Å². The highest BCUT2D eigenvalue weighted by Crippen LogP contribution is 2.39. The van der Waals surface area contributed by atoms with Crippen molar-refractivity contribution in [2.75, 3.05) is 33.2 Å². The number of ether oxygens (including phenoxy) is 2. The van der Waals surface area contributed by atoms with Crippen LogP contribution in [-0.2, 0) is 9.47 Å². The Morgan fingerprint density at radius 2 is 2.05 bits per heavy atom. The predicted molar refractivity (Wildman–Crippen MR) is 77.7 cm³/mol. The highest BCUT2D eigenvalue weighted by molar-refractivity contribution is 6.17. The number of halogens is 1. The molecule has 2 rings (SSSR count). The number of nitrogens with zero attached hydrogens (tertiary/aromatic N) is 2. The standard InChI is InChI=1S/C14H25ClN2O2/c1-17(2)16-13-6-7-14(18-9-10-19-14)11-12(13)5-3-4-8-15/h12H,3-11H2,1-2H3/b16-13-. The Morgan fingerprint density at radius 1 is 1.32 bits per heavy atom. The van der Waals surface area contributed by atoms with E-state index in [9.17, 15) is 0 Å². The zero-order valence-electron chi connectivity index (χ0n) is 12.0. The van der Waals surface area contributed by atoms with Gasteiger partial charge < -0.3 is 14.5 Å². The van der Waals surface area contributed by atoms with Crippen LogP contribution in [-0.4, -0.2) is 49.7 Å². The minimum absolute atomic E-state index is 0.322. The average molecular weight is 289 g/mol. The maximum atomic E-state index is 5.85. The maximum absolute atomic E-state index is 5.85. The average Bonchev–Trinajstić information content (AvgIpc) is 2.81. The summed E-state index contributed by atoms with van der Waals surface area (Å²) in [6.07, 6.45) is 6.21. The SMILES string of the molecule is CN(C)/N=C1/CCC2(CC1CCCCCl)OCCO2. The van der Waals surface area contributed by atoms with Gasteiger partial charge in [-0.2, -0.15) is 5.10 Å². The van der Waals surface area contributed by atoms with E-state index in [2.05, 4.69) is 5.10 Å². The van der Waals surface area contributed by atoms with Crippen molar-refractivity contribution in [1.82, 2.24) is 5.01 Å². The highest BCUT2D eigenvalue weighted by atomic mass is 35.5. The molecule has 110 valence electrons. The number of hydrazone groups is 1. The van der Waals surface area contributed by atoms with Crippen LogP contribution in [0.4, 0.5) is 0 Å². The smallest absolute Gasteiger partial charge is 0.169 e. The zero-order valence-corrected chi connectivity index (χ0v) is 12.8. The summed E-state index contributed by atoms with van der Waals surface area (Å²) in [5.41, 5.74) is 1.30. The van der Waals surface area contributed by atoms with Gasteiger partial charge in [0.15, 0.2) is 5.79 Å². The molecule has 1 aliphatic heterocycles. The molecule has 1 heterocycles. The molecule has 1 aliphatic carbocycles. The molecule has 19 heavy (non-hydrogen) atoms. The van der Waals surface area contributed by atoms with E-state index in [1.54, 1.807) is 0 Å². The van der Waals surface area contributed by atoms with Gasteiger partial charge in [-0.25, -0.2) is 0 Å². The van der Waals surface area contributed by atoms with Gasteiger partial charge in [-0.15, -0.1) is 11.6 Å². The molecule has 1 atom stereocenters. The molecule has 0 aromatic rings. The summed E-state index contributed by atoms with van der Waals surface area (Å²) in [6.45, 7) is 1.46. The van der Waals surface area contributed by atoms with Crippen molar-refractivity contribution in [3.63, 3.8) is 0 Å². The highest BCUT2D eigenvalue weighted by Gasteiger charge is 2.43. The van der Waals surface area contributed by atoms with Gasteiger partial charge in [0.05, 0.1) is 13.2 Å². The first kappa shape index (κ1) is 15.1. The fraction of sp³-hybridized carbons (Fsp3) is 0.929. The van der Waals surface area contributed by atoms with Crippen LogP contribution >= 0.6 is 11.6 Å². The summed E-state index contributed by atoms with van der Waals surface area (Å²) < 4.78 is 11.7. The van der Waals surface area contributed by atoms with Crippen LogP contribution in [0.25, 0.3) is 0 Å². The Hall–Kier alpha value is -0.320. The normalized spacial score (nSPS) is 28.2. The third-order valence-electron chi connectivity index (χ3n) is 3.87. The van der Waals surface area contributed by atoms with Gasteiger partial charge >= 0.3 is 0 Å². The third kappa shape index (κ3) is 4.07. The number of hydrogen-bond acceptors (Lipinski definition) is 4. The molecule has 1 spiro atoms. The lowest BCUT2D eigenvalue weighted by molar-refractivity contribution is -0.175. The lowest BCUT2D eigenvalue weighted by Crippen LogP contribution is -2.41. The van der Waals surface area contributed by atoms with Crippen molar-refractivity contribution in [2.24, 2.45) is 11.0 Å². The van der Waals surface area contributed by atoms with Crippen LogP contribution in [0.1, 0.15) is 38.5 Å². The molecular formula is C14H25ClN2O2. The van der Waals surface area contributed by atoms with Crippen molar-refractivity contribution in [3.05, 3.63) is 0 Å². The van der Waals surface area contributed by atoms with Crippen LogP contribution in [0.15, 0.2) is 5.10 Å². The molecule has 2 aliphatic rings. The second-order valence-corrected chi connectivity index (χ2v) is 6.01. The lowest BCUT2D eigenvalue weighted by atomic mass is 9.80. The molecule has 4 nitrogen and oxygen atoms in total. The van der Waals surface area contributed by atoms with Crippen LogP contribution in [0, 0.1) is 5.92 Å². The number of alkyl halides is 1. The van der Waals surface area contributed by atoms with Crippen LogP contribution < -0.4 is 0 Å². The predicted octanol–water partition coefficient (Wildman–Crippen LogP) is 2.86. The van der Waals surface area contributed by atoms with Gasteiger partial charge in [0, 0.05) is 44.4 Å². The minimum atomic E-state index is -0.322. The van der Waals surface area contributed by atoms with E-state index in [0.29, 0.717) is 5.92 Å². The van der Waals surface area contributed by atoms with Gasteiger partial charge in [-0.05, 0) is 19.3 Å². The number of unbranched alkanes of at least 4 members (excludes halogenated alkanes) is 1. The monoisotopic (exact) mass is 288 g/mol. The number of hydrogen-bond donors (Lipinski definition) is 0. The van der Waals surface area contributed by atoms with Crippen LogP contribution in [0.3, 0.4) is 0 Å². The second kappa shape index (κ2) is 6.91. The molecule has 5 heteroatoms. The minimum Gasteiger partial charge on any atom is -0.347 e. The molecule has 0 aromatic heterocycles. The van der Waals surface area contributed by atoms with Gasteiger partial charge in [-0.1, -0.05) is 6.42 Å². The Bertz CT molecular complexity index is 315. The summed E-state index contributed by atoms with van der Waals surface area (Å²) >= 11 is 5.77. The molecule has 0 radical (unpaired) electrons. The van der Waals surface area contributed by atoms with Crippen molar-refractivity contribution >= 4 is 17.3 Å². The Kier molecular flexibility index (Phi) is 5.48. The molecular weight excluding hydrogens is 264 g/mol. The molecule has 0 bridgehead atoms. The van der Waals surface area contributed by atoms with E-state index >= 15 is 0 Å². The molecule has 1 saturated carbocycles. The largest absolute Gasteiger partial charge is 0.347 e. The van der Waals surface area contributed by atoms with Gasteiger partial charge in [0.25, 0.3) is 0 Å². The molecule has 1 unspecified atom stereocenters. The summed E-state index contributed by atoms with van der Waals surface area (Å²) in [7, 11) is 3.96. The first-order valence-electron chi connectivity index (χ1n) is 7.24. The second-order valence-electron chi connectivity index (χ2n) is 5.63. The van der Waals surface area contributed by atoms with E-state index in [0.717, 1.165) is 57.6 Å². The van der Waals surface area contributed by atoms with Gasteiger partial charge in [0.1, 0.15) is 0 Å². The fourth-order valence-corrected chi connectivity index (χ4v) is 3.21. The summed E-state index contributed by atoms with van der Waals surface area (Å²) in [6, 6.07) is 0. The quantitative estimate of drug-likeness (QED) is 0.443. The lowest BCUT2D eigenvalue weighted by Gasteiger charge is -2.37. The summed E-state index contributed by atoms with van der Waals surface area (Å²) in [4.78, 5) is 0. The fourth-order valence-electron chi connectivity index (χ4n) is 3.02. The first-order chi connectivity index (χ1) is 9.15. The Labute approximate surface area is 121 Å². The van der Waals surface area contributed by atoms with Crippen LogP contribution in [0.2, 0.25) is 0 Å². The summed E-state index contributed by atoms with van der Waals surface area (Å²) in [5, 5.41) is 6.56. The maximum Gasteiger partial charge on any atom is 0.169 e. The molecule has 0 N–H and O–H groups in total. The molecule has 0 amide bonds. The number of rotatable bonds is 5. The van der Waals surface area contributed by atoms with Crippen molar-refractivity contribution < 1.29 is 9.47 Å². The Morgan fingerprint density at radius 3 is 2.68 bits per heavy atom. The molecule has 1 saturated heterocycles. The van der Waals surface area contributed by atoms with E-state index < -0.39 is 0 Å². The third-order valence-corrected chi connectivity index (χ3v) is 4.14. The van der Waals surface area contributed by atoms with Crippen molar-refractivity contribution in [1.29, 1.82) is 0 Å². The van der Waals surface area contributed by atoms with Crippen LogP contribution in [0.5, 0.6) is 0 Å². The van der Waals surface area contributed by atoms with E-state index in [1.165, 1.54) is 5.71 Å². The van der Waals surface area contributed by atoms with Crippen molar-refractivity contribution in [3.8, 4) is 0 Å².